The average Bonchev–Trinajstić information content (AvgIpc) is 2.79. The van der Waals surface area contributed by atoms with Crippen LogP contribution in [-0.4, -0.2) is 5.78 Å². The molecule has 0 heterocycles. The first-order valence-electron chi connectivity index (χ1n) is 10.6. The normalized spacial score (nSPS) is 10.6. The van der Waals surface area contributed by atoms with Crippen LogP contribution in [0.5, 0.6) is 23.0 Å². The van der Waals surface area contributed by atoms with Crippen LogP contribution in [0.3, 0.4) is 0 Å². The number of ketones is 1. The summed E-state index contributed by atoms with van der Waals surface area (Å²) in [5.74, 6) is 3.01. The molecule has 0 saturated heterocycles. The van der Waals surface area contributed by atoms with Crippen molar-refractivity contribution in [2.75, 3.05) is 0 Å². The number of hydrogen-bond donors (Lipinski definition) is 0. The van der Waals surface area contributed by atoms with Crippen molar-refractivity contribution in [2.24, 2.45) is 0 Å². The van der Waals surface area contributed by atoms with Gasteiger partial charge in [-0.3, -0.25) is 4.79 Å². The summed E-state index contributed by atoms with van der Waals surface area (Å²) in [5.41, 5.74) is 5.64. The quantitative estimate of drug-likeness (QED) is 0.298. The highest BCUT2D eigenvalue weighted by molar-refractivity contribution is 6.09. The summed E-state index contributed by atoms with van der Waals surface area (Å²) in [6.45, 7) is 8.10. The Morgan fingerprint density at radius 3 is 1.28 bits per heavy atom. The SMILES string of the molecule is Cc1ccc(C)c(Oc2ccc(C(=O)c3ccc(Oc4cc(C)ccc4C)cc3)cc2)c1. The summed E-state index contributed by atoms with van der Waals surface area (Å²) in [6, 6.07) is 26.7. The second kappa shape index (κ2) is 9.11. The molecule has 4 aromatic rings. The van der Waals surface area contributed by atoms with Crippen LogP contribution < -0.4 is 9.47 Å². The molecule has 160 valence electrons. The van der Waals surface area contributed by atoms with E-state index in [1.807, 2.05) is 76.2 Å². The first-order valence-corrected chi connectivity index (χ1v) is 10.6. The summed E-state index contributed by atoms with van der Waals surface area (Å²) >= 11 is 0. The molecule has 0 saturated carbocycles. The largest absolute Gasteiger partial charge is 0.457 e. The van der Waals surface area contributed by atoms with Crippen LogP contribution in [0.1, 0.15) is 38.2 Å². The Morgan fingerprint density at radius 2 is 0.906 bits per heavy atom. The van der Waals surface area contributed by atoms with Crippen LogP contribution in [0, 0.1) is 27.7 Å². The summed E-state index contributed by atoms with van der Waals surface area (Å²) in [5, 5.41) is 0. The van der Waals surface area contributed by atoms with Gasteiger partial charge >= 0.3 is 0 Å². The maximum absolute atomic E-state index is 12.9. The molecular weight excluding hydrogens is 396 g/mol. The number of rotatable bonds is 6. The molecule has 4 rings (SSSR count). The Labute approximate surface area is 189 Å². The maximum Gasteiger partial charge on any atom is 0.193 e. The topological polar surface area (TPSA) is 35.5 Å². The van der Waals surface area contributed by atoms with Gasteiger partial charge in [-0.15, -0.1) is 0 Å². The van der Waals surface area contributed by atoms with Crippen molar-refractivity contribution in [1.29, 1.82) is 0 Å². The van der Waals surface area contributed by atoms with Crippen molar-refractivity contribution >= 4 is 5.78 Å². The smallest absolute Gasteiger partial charge is 0.193 e. The number of carbonyl (C=O) groups is 1. The van der Waals surface area contributed by atoms with Crippen molar-refractivity contribution in [1.82, 2.24) is 0 Å². The number of aryl methyl sites for hydroxylation is 4. The first kappa shape index (κ1) is 21.4. The molecule has 0 aliphatic rings. The zero-order valence-corrected chi connectivity index (χ0v) is 18.8. The third-order valence-corrected chi connectivity index (χ3v) is 5.38. The zero-order valence-electron chi connectivity index (χ0n) is 18.8. The summed E-state index contributed by atoms with van der Waals surface area (Å²) in [6.07, 6.45) is 0. The lowest BCUT2D eigenvalue weighted by atomic mass is 10.0. The molecule has 0 bridgehead atoms. The number of benzene rings is 4. The molecule has 0 unspecified atom stereocenters. The summed E-state index contributed by atoms with van der Waals surface area (Å²) in [4.78, 5) is 12.9. The molecular formula is C29H26O3. The minimum Gasteiger partial charge on any atom is -0.457 e. The molecule has 0 N–H and O–H groups in total. The highest BCUT2D eigenvalue weighted by atomic mass is 16.5. The minimum absolute atomic E-state index is 0.0402. The van der Waals surface area contributed by atoms with Crippen molar-refractivity contribution in [2.45, 2.75) is 27.7 Å². The molecule has 0 aliphatic heterocycles. The van der Waals surface area contributed by atoms with E-state index in [0.29, 0.717) is 22.6 Å². The predicted molar refractivity (Wildman–Crippen MR) is 128 cm³/mol. The first-order chi connectivity index (χ1) is 15.4. The fraction of sp³-hybridized carbons (Fsp3) is 0.138. The molecule has 0 aliphatic carbocycles. The van der Waals surface area contributed by atoms with E-state index in [2.05, 4.69) is 12.1 Å². The molecule has 4 aromatic carbocycles. The predicted octanol–water partition coefficient (Wildman–Crippen LogP) is 7.74. The van der Waals surface area contributed by atoms with Crippen LogP contribution in [0.2, 0.25) is 0 Å². The monoisotopic (exact) mass is 422 g/mol. The van der Waals surface area contributed by atoms with Gasteiger partial charge in [0.05, 0.1) is 0 Å². The zero-order chi connectivity index (χ0) is 22.7. The van der Waals surface area contributed by atoms with Gasteiger partial charge in [-0.05, 0) is 111 Å². The second-order valence-corrected chi connectivity index (χ2v) is 8.12. The molecule has 0 amide bonds. The Balaban J connectivity index is 1.46. The molecule has 0 atom stereocenters. The van der Waals surface area contributed by atoms with E-state index >= 15 is 0 Å². The molecule has 3 nitrogen and oxygen atoms in total. The third kappa shape index (κ3) is 4.89. The molecule has 0 aromatic heterocycles. The van der Waals surface area contributed by atoms with Crippen LogP contribution in [0.25, 0.3) is 0 Å². The van der Waals surface area contributed by atoms with E-state index in [4.69, 9.17) is 9.47 Å². The van der Waals surface area contributed by atoms with Crippen molar-refractivity contribution in [3.63, 3.8) is 0 Å². The van der Waals surface area contributed by atoms with Gasteiger partial charge in [0.15, 0.2) is 5.78 Å². The standard InChI is InChI=1S/C29H26O3/c1-19-5-7-21(3)27(17-19)31-25-13-9-23(10-14-25)29(30)24-11-15-26(16-12-24)32-28-18-20(2)6-8-22(28)4/h5-18H,1-4H3. The fourth-order valence-electron chi connectivity index (χ4n) is 3.40. The van der Waals surface area contributed by atoms with E-state index in [-0.39, 0.29) is 5.78 Å². The lowest BCUT2D eigenvalue weighted by Crippen LogP contribution is -2.01. The van der Waals surface area contributed by atoms with E-state index in [1.165, 1.54) is 0 Å². The molecule has 3 heteroatoms. The highest BCUT2D eigenvalue weighted by Gasteiger charge is 2.11. The van der Waals surface area contributed by atoms with Gasteiger partial charge in [-0.25, -0.2) is 0 Å². The van der Waals surface area contributed by atoms with Gasteiger partial charge in [0.25, 0.3) is 0 Å². The Morgan fingerprint density at radius 1 is 0.531 bits per heavy atom. The van der Waals surface area contributed by atoms with Gasteiger partial charge in [0.2, 0.25) is 0 Å². The summed E-state index contributed by atoms with van der Waals surface area (Å²) in [7, 11) is 0. The Hall–Kier alpha value is -3.85. The minimum atomic E-state index is -0.0402. The van der Waals surface area contributed by atoms with Gasteiger partial charge in [-0.2, -0.15) is 0 Å². The Bertz CT molecular complexity index is 1150. The highest BCUT2D eigenvalue weighted by Crippen LogP contribution is 2.28. The average molecular weight is 423 g/mol. The Kier molecular flexibility index (Phi) is 6.09. The van der Waals surface area contributed by atoms with Gasteiger partial charge in [0.1, 0.15) is 23.0 Å². The third-order valence-electron chi connectivity index (χ3n) is 5.38. The van der Waals surface area contributed by atoms with Crippen LogP contribution in [-0.2, 0) is 0 Å². The van der Waals surface area contributed by atoms with Gasteiger partial charge in [-0.1, -0.05) is 24.3 Å². The van der Waals surface area contributed by atoms with E-state index < -0.39 is 0 Å². The second-order valence-electron chi connectivity index (χ2n) is 8.12. The van der Waals surface area contributed by atoms with Crippen molar-refractivity contribution in [3.05, 3.63) is 118 Å². The molecule has 0 fully saturated rings. The van der Waals surface area contributed by atoms with Crippen molar-refractivity contribution < 1.29 is 14.3 Å². The van der Waals surface area contributed by atoms with E-state index in [0.717, 1.165) is 33.8 Å². The fourth-order valence-corrected chi connectivity index (χ4v) is 3.40. The maximum atomic E-state index is 12.9. The van der Waals surface area contributed by atoms with Crippen LogP contribution in [0.4, 0.5) is 0 Å². The number of carbonyl (C=O) groups excluding carboxylic acids is 1. The van der Waals surface area contributed by atoms with Gasteiger partial charge in [0, 0.05) is 11.1 Å². The van der Waals surface area contributed by atoms with Gasteiger partial charge < -0.3 is 9.47 Å². The molecule has 0 spiro atoms. The lowest BCUT2D eigenvalue weighted by Gasteiger charge is -2.11. The molecule has 0 radical (unpaired) electrons. The van der Waals surface area contributed by atoms with E-state index in [9.17, 15) is 4.79 Å². The molecule has 32 heavy (non-hydrogen) atoms. The van der Waals surface area contributed by atoms with Crippen LogP contribution in [0.15, 0.2) is 84.9 Å². The number of ether oxygens (including phenoxy) is 2. The van der Waals surface area contributed by atoms with E-state index in [1.54, 1.807) is 24.3 Å². The number of hydrogen-bond acceptors (Lipinski definition) is 3. The van der Waals surface area contributed by atoms with Crippen molar-refractivity contribution in [3.8, 4) is 23.0 Å². The van der Waals surface area contributed by atoms with Crippen LogP contribution >= 0.6 is 0 Å². The summed E-state index contributed by atoms with van der Waals surface area (Å²) < 4.78 is 12.0. The lowest BCUT2D eigenvalue weighted by molar-refractivity contribution is 0.103.